The van der Waals surface area contributed by atoms with Crippen molar-refractivity contribution in [1.29, 1.82) is 0 Å². The highest BCUT2D eigenvalue weighted by atomic mass is 19.4. The second-order valence-electron chi connectivity index (χ2n) is 8.86. The van der Waals surface area contributed by atoms with Crippen LogP contribution in [0.4, 0.5) is 18.9 Å². The number of aromatic amines is 1. The van der Waals surface area contributed by atoms with E-state index in [0.717, 1.165) is 50.8 Å². The van der Waals surface area contributed by atoms with E-state index in [9.17, 15) is 18.0 Å². The van der Waals surface area contributed by atoms with E-state index in [1.807, 2.05) is 63.2 Å². The summed E-state index contributed by atoms with van der Waals surface area (Å²) < 4.78 is 39.5. The Kier molecular flexibility index (Phi) is 5.79. The van der Waals surface area contributed by atoms with Crippen molar-refractivity contribution in [3.63, 3.8) is 0 Å². The molecule has 0 aliphatic rings. The maximum atomic E-state index is 13.6. The molecular weight excluding hydrogens is 463 g/mol. The number of pyridine rings is 1. The van der Waals surface area contributed by atoms with Gasteiger partial charge in [-0.1, -0.05) is 55.5 Å². The summed E-state index contributed by atoms with van der Waals surface area (Å²) in [5, 5.41) is 4.80. The van der Waals surface area contributed by atoms with E-state index >= 15 is 0 Å². The molecule has 7 heteroatoms. The van der Waals surface area contributed by atoms with Gasteiger partial charge in [0.1, 0.15) is 5.69 Å². The van der Waals surface area contributed by atoms with Crippen LogP contribution in [0.3, 0.4) is 0 Å². The molecule has 2 N–H and O–H groups in total. The number of amides is 1. The van der Waals surface area contributed by atoms with Gasteiger partial charge < -0.3 is 10.3 Å². The molecule has 0 aliphatic carbocycles. The normalized spacial score (nSPS) is 11.8. The molecular formula is C29H24F3N3O. The number of hydrogen-bond donors (Lipinski definition) is 2. The molecule has 0 bridgehead atoms. The highest BCUT2D eigenvalue weighted by Gasteiger charge is 2.30. The van der Waals surface area contributed by atoms with Gasteiger partial charge in [0.2, 0.25) is 0 Å². The minimum absolute atomic E-state index is 0.257. The van der Waals surface area contributed by atoms with Crippen molar-refractivity contribution < 1.29 is 18.0 Å². The number of benzene rings is 3. The predicted octanol–water partition coefficient (Wildman–Crippen LogP) is 7.83. The number of nitrogens with zero attached hydrogens (tertiary/aromatic N) is 1. The van der Waals surface area contributed by atoms with Crippen LogP contribution in [-0.4, -0.2) is 15.9 Å². The molecule has 2 heterocycles. The topological polar surface area (TPSA) is 57.8 Å². The van der Waals surface area contributed by atoms with Gasteiger partial charge in [0.25, 0.3) is 5.91 Å². The predicted molar refractivity (Wildman–Crippen MR) is 137 cm³/mol. The molecule has 0 spiro atoms. The van der Waals surface area contributed by atoms with Crippen LogP contribution in [0.15, 0.2) is 66.7 Å². The molecule has 0 aliphatic heterocycles. The van der Waals surface area contributed by atoms with Crippen molar-refractivity contribution in [1.82, 2.24) is 9.97 Å². The maximum absolute atomic E-state index is 13.6. The van der Waals surface area contributed by atoms with Crippen LogP contribution >= 0.6 is 0 Å². The summed E-state index contributed by atoms with van der Waals surface area (Å²) in [4.78, 5) is 21.8. The summed E-state index contributed by atoms with van der Waals surface area (Å²) in [6, 6.07) is 18.4. The van der Waals surface area contributed by atoms with E-state index in [2.05, 4.69) is 10.3 Å². The van der Waals surface area contributed by atoms with E-state index in [1.54, 1.807) is 0 Å². The van der Waals surface area contributed by atoms with E-state index < -0.39 is 11.7 Å². The first-order chi connectivity index (χ1) is 17.2. The van der Waals surface area contributed by atoms with Crippen molar-refractivity contribution in [2.75, 3.05) is 5.32 Å². The molecule has 36 heavy (non-hydrogen) atoms. The van der Waals surface area contributed by atoms with Crippen LogP contribution in [0, 0.1) is 13.8 Å². The van der Waals surface area contributed by atoms with Crippen molar-refractivity contribution in [2.24, 2.45) is 0 Å². The van der Waals surface area contributed by atoms with E-state index in [4.69, 9.17) is 4.98 Å². The number of aromatic nitrogens is 2. The third-order valence-corrected chi connectivity index (χ3v) is 6.53. The molecule has 5 rings (SSSR count). The number of carbonyl (C=O) groups excluding carboxylic acids is 1. The van der Waals surface area contributed by atoms with Gasteiger partial charge in [0, 0.05) is 27.5 Å². The first kappa shape index (κ1) is 23.6. The average molecular weight is 488 g/mol. The molecule has 4 nitrogen and oxygen atoms in total. The number of fused-ring (bicyclic) bond motifs is 3. The molecule has 0 saturated carbocycles. The first-order valence-corrected chi connectivity index (χ1v) is 11.7. The molecule has 3 aromatic carbocycles. The van der Waals surface area contributed by atoms with Crippen molar-refractivity contribution >= 4 is 33.4 Å². The van der Waals surface area contributed by atoms with Crippen molar-refractivity contribution in [2.45, 2.75) is 33.4 Å². The van der Waals surface area contributed by atoms with E-state index in [0.29, 0.717) is 23.2 Å². The number of nitrogens with one attached hydrogen (secondary N) is 2. The Hall–Kier alpha value is -4.13. The Labute approximate surface area is 206 Å². The molecule has 0 fully saturated rings. The highest BCUT2D eigenvalue weighted by Crippen LogP contribution is 2.37. The molecule has 0 radical (unpaired) electrons. The van der Waals surface area contributed by atoms with Crippen LogP contribution in [0.5, 0.6) is 0 Å². The summed E-state index contributed by atoms with van der Waals surface area (Å²) in [5.74, 6) is -0.357. The number of alkyl halides is 3. The smallest absolute Gasteiger partial charge is 0.353 e. The zero-order chi connectivity index (χ0) is 25.6. The van der Waals surface area contributed by atoms with Gasteiger partial charge in [-0.05, 0) is 55.2 Å². The second kappa shape index (κ2) is 8.82. The fourth-order valence-electron chi connectivity index (χ4n) is 4.73. The lowest BCUT2D eigenvalue weighted by Crippen LogP contribution is -2.18. The Morgan fingerprint density at radius 2 is 1.61 bits per heavy atom. The average Bonchev–Trinajstić information content (AvgIpc) is 3.24. The van der Waals surface area contributed by atoms with E-state index in [-0.39, 0.29) is 11.6 Å². The summed E-state index contributed by atoms with van der Waals surface area (Å²) >= 11 is 0. The number of aryl methyl sites for hydroxylation is 3. The molecule has 0 saturated heterocycles. The molecule has 1 amide bonds. The zero-order valence-electron chi connectivity index (χ0n) is 20.0. The van der Waals surface area contributed by atoms with Crippen LogP contribution < -0.4 is 5.32 Å². The number of halogens is 3. The minimum atomic E-state index is -4.44. The number of hydrogen-bond acceptors (Lipinski definition) is 2. The third kappa shape index (κ3) is 4.00. The lowest BCUT2D eigenvalue weighted by atomic mass is 9.98. The standard InChI is InChI=1S/C29H24F3N3O/c1-4-20-23-21-10-5-6-11-22(21)33-27(23)25(18-12-14-19(15-13-18)29(30,31)32)34-26(20)28(36)35-24-16(2)8-7-9-17(24)3/h5-15,33H,4H2,1-3H3,(H,35,36). The van der Waals surface area contributed by atoms with Crippen LogP contribution in [0.2, 0.25) is 0 Å². The Morgan fingerprint density at radius 3 is 2.25 bits per heavy atom. The molecule has 5 aromatic rings. The van der Waals surface area contributed by atoms with Gasteiger partial charge in [-0.15, -0.1) is 0 Å². The molecule has 2 aromatic heterocycles. The van der Waals surface area contributed by atoms with Crippen LogP contribution in [0.25, 0.3) is 33.1 Å². The largest absolute Gasteiger partial charge is 0.416 e. The van der Waals surface area contributed by atoms with E-state index in [1.165, 1.54) is 12.1 Å². The summed E-state index contributed by atoms with van der Waals surface area (Å²) in [6.45, 7) is 5.81. The third-order valence-electron chi connectivity index (χ3n) is 6.53. The number of H-pyrrole nitrogens is 1. The SMILES string of the molecule is CCc1c(C(=O)Nc2c(C)cccc2C)nc(-c2ccc(C(F)(F)F)cc2)c2[nH]c3ccccc3c12. The summed E-state index contributed by atoms with van der Waals surface area (Å²) in [6.07, 6.45) is -3.89. The van der Waals surface area contributed by atoms with Crippen molar-refractivity contribution in [3.8, 4) is 11.3 Å². The first-order valence-electron chi connectivity index (χ1n) is 11.7. The van der Waals surface area contributed by atoms with Gasteiger partial charge in [-0.3, -0.25) is 4.79 Å². The van der Waals surface area contributed by atoms with Crippen LogP contribution in [-0.2, 0) is 12.6 Å². The summed E-state index contributed by atoms with van der Waals surface area (Å²) in [5.41, 5.74) is 5.35. The van der Waals surface area contributed by atoms with Gasteiger partial charge >= 0.3 is 6.18 Å². The van der Waals surface area contributed by atoms with Gasteiger partial charge in [-0.2, -0.15) is 13.2 Å². The quantitative estimate of drug-likeness (QED) is 0.271. The number of para-hydroxylation sites is 2. The number of carbonyl (C=O) groups is 1. The number of rotatable bonds is 4. The summed E-state index contributed by atoms with van der Waals surface area (Å²) in [7, 11) is 0. The Morgan fingerprint density at radius 1 is 0.944 bits per heavy atom. The maximum Gasteiger partial charge on any atom is 0.416 e. The molecule has 0 unspecified atom stereocenters. The van der Waals surface area contributed by atoms with Crippen molar-refractivity contribution in [3.05, 3.63) is 94.7 Å². The second-order valence-corrected chi connectivity index (χ2v) is 8.86. The van der Waals surface area contributed by atoms with Gasteiger partial charge in [0.15, 0.2) is 0 Å². The Bertz CT molecular complexity index is 1600. The van der Waals surface area contributed by atoms with Crippen LogP contribution in [0.1, 0.15) is 39.7 Å². The monoisotopic (exact) mass is 487 g/mol. The number of anilines is 1. The zero-order valence-corrected chi connectivity index (χ0v) is 20.0. The molecule has 182 valence electrons. The van der Waals surface area contributed by atoms with Gasteiger partial charge in [0.05, 0.1) is 16.8 Å². The fourth-order valence-corrected chi connectivity index (χ4v) is 4.73. The Balaban J connectivity index is 1.75. The fraction of sp³-hybridized carbons (Fsp3) is 0.172. The molecule has 0 atom stereocenters. The minimum Gasteiger partial charge on any atom is -0.353 e. The van der Waals surface area contributed by atoms with Gasteiger partial charge in [-0.25, -0.2) is 4.98 Å². The highest BCUT2D eigenvalue weighted by molar-refractivity contribution is 6.16. The lowest BCUT2D eigenvalue weighted by Gasteiger charge is -2.16. The lowest BCUT2D eigenvalue weighted by molar-refractivity contribution is -0.137.